The van der Waals surface area contributed by atoms with Gasteiger partial charge >= 0.3 is 0 Å². The minimum atomic E-state index is -3.85. The van der Waals surface area contributed by atoms with Gasteiger partial charge in [0, 0.05) is 25.6 Å². The van der Waals surface area contributed by atoms with Crippen LogP contribution in [-0.2, 0) is 29.0 Å². The molecule has 2 saturated heterocycles. The SMILES string of the molecule is O=C1NCCCC1NC(=O)C1CN(C(=O)CS(=O)(=O)c2ccccc2)CCN1C(=O)C1CCCCC1. The Bertz CT molecular complexity index is 1090. The Kier molecular flexibility index (Phi) is 8.28. The minimum Gasteiger partial charge on any atom is -0.354 e. The molecular weight excluding hydrogens is 484 g/mol. The maximum Gasteiger partial charge on any atom is 0.245 e. The monoisotopic (exact) mass is 518 g/mol. The summed E-state index contributed by atoms with van der Waals surface area (Å²) in [5.74, 6) is -2.36. The average molecular weight is 519 g/mol. The molecule has 4 rings (SSSR count). The Morgan fingerprint density at radius 1 is 0.972 bits per heavy atom. The quantitative estimate of drug-likeness (QED) is 0.563. The van der Waals surface area contributed by atoms with Gasteiger partial charge in [-0.3, -0.25) is 19.2 Å². The minimum absolute atomic E-state index is 0.0575. The first-order valence-corrected chi connectivity index (χ1v) is 14.4. The summed E-state index contributed by atoms with van der Waals surface area (Å²) in [5, 5.41) is 5.49. The molecule has 2 N–H and O–H groups in total. The van der Waals surface area contributed by atoms with E-state index in [0.717, 1.165) is 38.5 Å². The molecule has 0 spiro atoms. The molecule has 1 aromatic rings. The van der Waals surface area contributed by atoms with E-state index < -0.39 is 39.5 Å². The molecule has 0 bridgehead atoms. The van der Waals surface area contributed by atoms with Crippen LogP contribution in [0.15, 0.2) is 35.2 Å². The third kappa shape index (κ3) is 6.05. The molecule has 36 heavy (non-hydrogen) atoms. The summed E-state index contributed by atoms with van der Waals surface area (Å²) in [6, 6.07) is 6.08. The smallest absolute Gasteiger partial charge is 0.245 e. The zero-order valence-corrected chi connectivity index (χ0v) is 21.2. The average Bonchev–Trinajstić information content (AvgIpc) is 2.90. The number of carbonyl (C=O) groups excluding carboxylic acids is 4. The zero-order chi connectivity index (χ0) is 25.7. The Hall–Kier alpha value is -2.95. The molecule has 3 aliphatic rings. The van der Waals surface area contributed by atoms with Crippen molar-refractivity contribution in [1.29, 1.82) is 0 Å². The van der Waals surface area contributed by atoms with Crippen molar-refractivity contribution in [3.63, 3.8) is 0 Å². The summed E-state index contributed by atoms with van der Waals surface area (Å²) in [5.41, 5.74) is 0. The number of rotatable bonds is 6. The van der Waals surface area contributed by atoms with E-state index in [0.29, 0.717) is 13.0 Å². The maximum absolute atomic E-state index is 13.4. The van der Waals surface area contributed by atoms with E-state index in [-0.39, 0.29) is 42.3 Å². The van der Waals surface area contributed by atoms with Crippen LogP contribution in [0.25, 0.3) is 0 Å². The number of nitrogens with zero attached hydrogens (tertiary/aromatic N) is 2. The van der Waals surface area contributed by atoms with Crippen LogP contribution in [0, 0.1) is 5.92 Å². The lowest BCUT2D eigenvalue weighted by atomic mass is 9.87. The van der Waals surface area contributed by atoms with Crippen LogP contribution < -0.4 is 10.6 Å². The van der Waals surface area contributed by atoms with E-state index in [4.69, 9.17) is 0 Å². The summed E-state index contributed by atoms with van der Waals surface area (Å²) in [6.45, 7) is 0.734. The van der Waals surface area contributed by atoms with Gasteiger partial charge in [0.25, 0.3) is 0 Å². The van der Waals surface area contributed by atoms with E-state index in [9.17, 15) is 27.6 Å². The number of hydrogen-bond donors (Lipinski definition) is 2. The van der Waals surface area contributed by atoms with E-state index in [1.165, 1.54) is 21.9 Å². The molecule has 0 radical (unpaired) electrons. The van der Waals surface area contributed by atoms with Gasteiger partial charge in [-0.2, -0.15) is 0 Å². The number of amides is 4. The molecule has 1 aliphatic carbocycles. The predicted octanol–water partition coefficient (Wildman–Crippen LogP) is 0.475. The number of carbonyl (C=O) groups is 4. The van der Waals surface area contributed by atoms with Gasteiger partial charge < -0.3 is 20.4 Å². The third-order valence-corrected chi connectivity index (χ3v) is 8.91. The van der Waals surface area contributed by atoms with E-state index in [1.807, 2.05) is 0 Å². The Morgan fingerprint density at radius 3 is 2.39 bits per heavy atom. The molecule has 10 nitrogen and oxygen atoms in total. The van der Waals surface area contributed by atoms with Crippen LogP contribution in [0.2, 0.25) is 0 Å². The predicted molar refractivity (Wildman–Crippen MR) is 131 cm³/mol. The Balaban J connectivity index is 1.49. The number of hydrogen-bond acceptors (Lipinski definition) is 6. The fourth-order valence-corrected chi connectivity index (χ4v) is 6.47. The van der Waals surface area contributed by atoms with Gasteiger partial charge in [-0.1, -0.05) is 37.5 Å². The summed E-state index contributed by atoms with van der Waals surface area (Å²) < 4.78 is 25.5. The van der Waals surface area contributed by atoms with Crippen molar-refractivity contribution < 1.29 is 27.6 Å². The molecule has 0 aromatic heterocycles. The van der Waals surface area contributed by atoms with Crippen LogP contribution in [0.4, 0.5) is 0 Å². The lowest BCUT2D eigenvalue weighted by Gasteiger charge is -2.42. The van der Waals surface area contributed by atoms with Crippen molar-refractivity contribution in [3.05, 3.63) is 30.3 Å². The largest absolute Gasteiger partial charge is 0.354 e. The number of benzene rings is 1. The lowest BCUT2D eigenvalue weighted by molar-refractivity contribution is -0.151. The lowest BCUT2D eigenvalue weighted by Crippen LogP contribution is -2.64. The van der Waals surface area contributed by atoms with Crippen LogP contribution in [0.3, 0.4) is 0 Å². The zero-order valence-electron chi connectivity index (χ0n) is 20.4. The normalized spacial score (nSPS) is 23.6. The van der Waals surface area contributed by atoms with Crippen LogP contribution in [0.5, 0.6) is 0 Å². The van der Waals surface area contributed by atoms with Crippen LogP contribution >= 0.6 is 0 Å². The molecule has 1 saturated carbocycles. The van der Waals surface area contributed by atoms with Gasteiger partial charge in [-0.15, -0.1) is 0 Å². The van der Waals surface area contributed by atoms with Gasteiger partial charge in [0.15, 0.2) is 9.84 Å². The number of piperidine rings is 1. The topological polar surface area (TPSA) is 133 Å². The standard InChI is InChI=1S/C25H34N4O6S/c30-22(17-36(34,35)19-10-5-2-6-11-19)28-14-15-29(25(33)18-8-3-1-4-9-18)21(16-28)24(32)27-20-12-7-13-26-23(20)31/h2,5-6,10-11,18,20-21H,1,3-4,7-9,12-17H2,(H,26,31)(H,27,32). The summed E-state index contributed by atoms with van der Waals surface area (Å²) >= 11 is 0. The first-order valence-electron chi connectivity index (χ1n) is 12.7. The van der Waals surface area contributed by atoms with Crippen molar-refractivity contribution in [2.24, 2.45) is 5.92 Å². The molecule has 2 heterocycles. The summed E-state index contributed by atoms with van der Waals surface area (Å²) in [7, 11) is -3.85. The van der Waals surface area contributed by atoms with Gasteiger partial charge in [0.2, 0.25) is 23.6 Å². The highest BCUT2D eigenvalue weighted by molar-refractivity contribution is 7.92. The van der Waals surface area contributed by atoms with Crippen molar-refractivity contribution in [1.82, 2.24) is 20.4 Å². The second-order valence-corrected chi connectivity index (χ2v) is 11.8. The third-order valence-electron chi connectivity index (χ3n) is 7.29. The second kappa shape index (κ2) is 11.4. The number of nitrogens with one attached hydrogen (secondary N) is 2. The summed E-state index contributed by atoms with van der Waals surface area (Å²) in [4.78, 5) is 54.9. The molecule has 2 atom stereocenters. The fourth-order valence-electron chi connectivity index (χ4n) is 5.22. The highest BCUT2D eigenvalue weighted by atomic mass is 32.2. The molecule has 2 unspecified atom stereocenters. The highest BCUT2D eigenvalue weighted by Gasteiger charge is 2.41. The van der Waals surface area contributed by atoms with Crippen molar-refractivity contribution in [2.45, 2.75) is 61.9 Å². The molecule has 11 heteroatoms. The van der Waals surface area contributed by atoms with E-state index in [2.05, 4.69) is 10.6 Å². The first-order chi connectivity index (χ1) is 17.3. The highest BCUT2D eigenvalue weighted by Crippen LogP contribution is 2.27. The van der Waals surface area contributed by atoms with Crippen molar-refractivity contribution in [3.8, 4) is 0 Å². The molecular formula is C25H34N4O6S. The van der Waals surface area contributed by atoms with Gasteiger partial charge in [0.1, 0.15) is 17.8 Å². The van der Waals surface area contributed by atoms with Gasteiger partial charge in [0.05, 0.1) is 11.4 Å². The van der Waals surface area contributed by atoms with Gasteiger partial charge in [-0.25, -0.2) is 8.42 Å². The van der Waals surface area contributed by atoms with E-state index in [1.54, 1.807) is 18.2 Å². The van der Waals surface area contributed by atoms with Crippen LogP contribution in [-0.4, -0.2) is 85.9 Å². The fraction of sp³-hybridized carbons (Fsp3) is 0.600. The Morgan fingerprint density at radius 2 is 1.69 bits per heavy atom. The van der Waals surface area contributed by atoms with Gasteiger partial charge in [-0.05, 0) is 37.8 Å². The molecule has 1 aromatic carbocycles. The van der Waals surface area contributed by atoms with E-state index >= 15 is 0 Å². The number of piperazine rings is 1. The van der Waals surface area contributed by atoms with Crippen molar-refractivity contribution >= 4 is 33.5 Å². The van der Waals surface area contributed by atoms with Crippen molar-refractivity contribution in [2.75, 3.05) is 31.9 Å². The molecule has 2 aliphatic heterocycles. The summed E-state index contributed by atoms with van der Waals surface area (Å²) in [6.07, 6.45) is 5.78. The Labute approximate surface area is 211 Å². The maximum atomic E-state index is 13.4. The molecule has 3 fully saturated rings. The second-order valence-electron chi connectivity index (χ2n) is 9.79. The number of sulfone groups is 1. The first kappa shape index (κ1) is 26.1. The van der Waals surface area contributed by atoms with Crippen LogP contribution in [0.1, 0.15) is 44.9 Å². The molecule has 196 valence electrons. The molecule has 4 amide bonds.